The number of aliphatic imine (C=N–C) groups is 1. The van der Waals surface area contributed by atoms with Crippen molar-refractivity contribution in [3.05, 3.63) is 71.1 Å². The first-order valence-corrected chi connectivity index (χ1v) is 7.16. The fraction of sp³-hybridized carbons (Fsp3) is 0.118. The highest BCUT2D eigenvalue weighted by molar-refractivity contribution is 6.20. The SMILES string of the molecule is c1ccc2c(c1)NC1=C3C2=NCN[C@H]3c2ccccc2N1. The Morgan fingerprint density at radius 3 is 2.62 bits per heavy atom. The van der Waals surface area contributed by atoms with Crippen LogP contribution in [0.5, 0.6) is 0 Å². The fourth-order valence-electron chi connectivity index (χ4n) is 3.39. The topological polar surface area (TPSA) is 48.5 Å². The van der Waals surface area contributed by atoms with E-state index in [2.05, 4.69) is 58.4 Å². The molecule has 0 aliphatic carbocycles. The van der Waals surface area contributed by atoms with Crippen molar-refractivity contribution < 1.29 is 0 Å². The van der Waals surface area contributed by atoms with Gasteiger partial charge in [0.15, 0.2) is 0 Å². The molecule has 102 valence electrons. The number of anilines is 2. The Balaban J connectivity index is 1.75. The van der Waals surface area contributed by atoms with E-state index in [0.717, 1.165) is 22.9 Å². The van der Waals surface area contributed by atoms with Crippen LogP contribution in [0.1, 0.15) is 17.2 Å². The number of hydrogen-bond donors (Lipinski definition) is 3. The van der Waals surface area contributed by atoms with Crippen LogP contribution in [-0.2, 0) is 0 Å². The highest BCUT2D eigenvalue weighted by atomic mass is 15.2. The first-order chi connectivity index (χ1) is 10.4. The number of hydrogen-bond acceptors (Lipinski definition) is 4. The second kappa shape index (κ2) is 3.96. The Kier molecular flexibility index (Phi) is 2.10. The van der Waals surface area contributed by atoms with Crippen LogP contribution < -0.4 is 16.0 Å². The Bertz CT molecular complexity index is 815. The number of fused-ring (bicyclic) bond motifs is 4. The van der Waals surface area contributed by atoms with Crippen molar-refractivity contribution in [2.24, 2.45) is 4.99 Å². The highest BCUT2D eigenvalue weighted by Crippen LogP contribution is 2.42. The van der Waals surface area contributed by atoms with E-state index in [1.54, 1.807) is 0 Å². The van der Waals surface area contributed by atoms with Gasteiger partial charge in [0.25, 0.3) is 0 Å². The van der Waals surface area contributed by atoms with Crippen molar-refractivity contribution in [1.82, 2.24) is 5.32 Å². The van der Waals surface area contributed by atoms with Gasteiger partial charge in [-0.25, -0.2) is 0 Å². The molecule has 0 radical (unpaired) electrons. The van der Waals surface area contributed by atoms with Gasteiger partial charge in [0.1, 0.15) is 5.82 Å². The van der Waals surface area contributed by atoms with E-state index in [1.165, 1.54) is 16.7 Å². The lowest BCUT2D eigenvalue weighted by molar-refractivity contribution is 0.598. The third-order valence-electron chi connectivity index (χ3n) is 4.32. The lowest BCUT2D eigenvalue weighted by atomic mass is 9.84. The number of nitrogens with zero attached hydrogens (tertiary/aromatic N) is 1. The zero-order valence-electron chi connectivity index (χ0n) is 11.4. The largest absolute Gasteiger partial charge is 0.341 e. The second-order valence-electron chi connectivity index (χ2n) is 5.47. The molecule has 0 saturated carbocycles. The normalized spacial score (nSPS) is 21.3. The average Bonchev–Trinajstić information content (AvgIpc) is 2.55. The summed E-state index contributed by atoms with van der Waals surface area (Å²) in [5, 5.41) is 10.5. The van der Waals surface area contributed by atoms with E-state index in [0.29, 0.717) is 6.67 Å². The quantitative estimate of drug-likeness (QED) is 0.692. The van der Waals surface area contributed by atoms with Gasteiger partial charge in [0.2, 0.25) is 0 Å². The number of benzene rings is 2. The summed E-state index contributed by atoms with van der Waals surface area (Å²) in [6.45, 7) is 0.652. The van der Waals surface area contributed by atoms with Gasteiger partial charge in [-0.15, -0.1) is 0 Å². The van der Waals surface area contributed by atoms with E-state index < -0.39 is 0 Å². The molecule has 4 nitrogen and oxygen atoms in total. The van der Waals surface area contributed by atoms with E-state index in [-0.39, 0.29) is 6.04 Å². The molecule has 0 fully saturated rings. The molecule has 0 unspecified atom stereocenters. The third-order valence-corrected chi connectivity index (χ3v) is 4.32. The highest BCUT2D eigenvalue weighted by Gasteiger charge is 2.36. The summed E-state index contributed by atoms with van der Waals surface area (Å²) in [7, 11) is 0. The van der Waals surface area contributed by atoms with Crippen LogP contribution in [0.4, 0.5) is 11.4 Å². The lowest BCUT2D eigenvalue weighted by Crippen LogP contribution is -2.40. The summed E-state index contributed by atoms with van der Waals surface area (Å²) in [6.07, 6.45) is 0. The Morgan fingerprint density at radius 1 is 0.905 bits per heavy atom. The van der Waals surface area contributed by atoms with Gasteiger partial charge in [0.05, 0.1) is 18.4 Å². The maximum absolute atomic E-state index is 4.72. The molecule has 5 rings (SSSR count). The minimum atomic E-state index is 0.200. The van der Waals surface area contributed by atoms with Crippen molar-refractivity contribution in [3.63, 3.8) is 0 Å². The van der Waals surface area contributed by atoms with Gasteiger partial charge in [0, 0.05) is 22.5 Å². The van der Waals surface area contributed by atoms with Crippen LogP contribution in [0, 0.1) is 0 Å². The van der Waals surface area contributed by atoms with Crippen molar-refractivity contribution in [1.29, 1.82) is 0 Å². The molecule has 2 aromatic carbocycles. The van der Waals surface area contributed by atoms with Crippen molar-refractivity contribution in [2.45, 2.75) is 6.04 Å². The summed E-state index contributed by atoms with van der Waals surface area (Å²) in [5.41, 5.74) is 7.06. The van der Waals surface area contributed by atoms with Gasteiger partial charge in [-0.1, -0.05) is 36.4 Å². The maximum Gasteiger partial charge on any atom is 0.115 e. The number of para-hydroxylation sites is 2. The Hall–Kier alpha value is -2.59. The second-order valence-corrected chi connectivity index (χ2v) is 5.47. The van der Waals surface area contributed by atoms with Gasteiger partial charge < -0.3 is 10.6 Å². The smallest absolute Gasteiger partial charge is 0.115 e. The van der Waals surface area contributed by atoms with E-state index in [4.69, 9.17) is 4.99 Å². The van der Waals surface area contributed by atoms with Crippen LogP contribution in [0.3, 0.4) is 0 Å². The van der Waals surface area contributed by atoms with E-state index >= 15 is 0 Å². The molecular formula is C17H14N4. The predicted molar refractivity (Wildman–Crippen MR) is 84.4 cm³/mol. The molecule has 0 aromatic heterocycles. The van der Waals surface area contributed by atoms with E-state index in [1.807, 2.05) is 6.07 Å². The zero-order chi connectivity index (χ0) is 13.8. The molecule has 3 N–H and O–H groups in total. The van der Waals surface area contributed by atoms with Crippen LogP contribution in [0.2, 0.25) is 0 Å². The predicted octanol–water partition coefficient (Wildman–Crippen LogP) is 2.84. The van der Waals surface area contributed by atoms with Gasteiger partial charge in [-0.05, 0) is 17.7 Å². The molecule has 21 heavy (non-hydrogen) atoms. The molecular weight excluding hydrogens is 260 g/mol. The van der Waals surface area contributed by atoms with Gasteiger partial charge >= 0.3 is 0 Å². The molecule has 3 aliphatic heterocycles. The minimum absolute atomic E-state index is 0.200. The number of nitrogens with one attached hydrogen (secondary N) is 3. The molecule has 4 heteroatoms. The lowest BCUT2D eigenvalue weighted by Gasteiger charge is -2.38. The zero-order valence-corrected chi connectivity index (χ0v) is 11.4. The molecule has 0 spiro atoms. The van der Waals surface area contributed by atoms with Crippen LogP contribution in [0.15, 0.2) is 64.9 Å². The van der Waals surface area contributed by atoms with E-state index in [9.17, 15) is 0 Å². The molecule has 0 bridgehead atoms. The summed E-state index contributed by atoms with van der Waals surface area (Å²) in [4.78, 5) is 4.72. The third kappa shape index (κ3) is 1.45. The summed E-state index contributed by atoms with van der Waals surface area (Å²) < 4.78 is 0. The molecule has 0 saturated heterocycles. The molecule has 3 heterocycles. The Morgan fingerprint density at radius 2 is 1.67 bits per heavy atom. The van der Waals surface area contributed by atoms with Crippen LogP contribution in [0.25, 0.3) is 0 Å². The van der Waals surface area contributed by atoms with Crippen molar-refractivity contribution in [3.8, 4) is 0 Å². The fourth-order valence-corrected chi connectivity index (χ4v) is 3.39. The van der Waals surface area contributed by atoms with Crippen molar-refractivity contribution in [2.75, 3.05) is 17.3 Å². The average molecular weight is 274 g/mol. The number of rotatable bonds is 0. The Labute approximate surface area is 122 Å². The van der Waals surface area contributed by atoms with Gasteiger partial charge in [-0.2, -0.15) is 0 Å². The summed E-state index contributed by atoms with van der Waals surface area (Å²) in [5.74, 6) is 1.04. The molecule has 3 aliphatic rings. The maximum atomic E-state index is 4.72. The first kappa shape index (κ1) is 11.1. The molecule has 2 aromatic rings. The first-order valence-electron chi connectivity index (χ1n) is 7.16. The molecule has 0 amide bonds. The standard InChI is InChI=1S/C17H14N4/c1-3-7-12-10(5-1)15-14-16(19-9-18-15)11-6-2-4-8-13(11)21-17(14)20-12/h1-8,15,18,20-21H,9H2/t15-/m0/s1. The minimum Gasteiger partial charge on any atom is -0.341 e. The van der Waals surface area contributed by atoms with Crippen LogP contribution >= 0.6 is 0 Å². The molecule has 1 atom stereocenters. The summed E-state index contributed by atoms with van der Waals surface area (Å²) >= 11 is 0. The van der Waals surface area contributed by atoms with Crippen molar-refractivity contribution >= 4 is 17.1 Å². The summed E-state index contributed by atoms with van der Waals surface area (Å²) in [6, 6.07) is 17.0. The monoisotopic (exact) mass is 274 g/mol. The van der Waals surface area contributed by atoms with Gasteiger partial charge in [-0.3, -0.25) is 10.3 Å². The van der Waals surface area contributed by atoms with Crippen LogP contribution in [-0.4, -0.2) is 12.4 Å².